The third-order valence-electron chi connectivity index (χ3n) is 5.63. The number of likely N-dealkylation sites (tertiary alicyclic amines) is 1. The van der Waals surface area contributed by atoms with Gasteiger partial charge in [-0.15, -0.1) is 0 Å². The van der Waals surface area contributed by atoms with Crippen LogP contribution in [0, 0.1) is 0 Å². The molecule has 1 saturated heterocycles. The Morgan fingerprint density at radius 3 is 2.65 bits per heavy atom. The van der Waals surface area contributed by atoms with Crippen LogP contribution in [0.15, 0.2) is 35.5 Å². The maximum atomic E-state index is 11.9. The van der Waals surface area contributed by atoms with Gasteiger partial charge in [-0.2, -0.15) is 0 Å². The average molecular weight is 447 g/mol. The van der Waals surface area contributed by atoms with E-state index in [1.54, 1.807) is 17.0 Å². The average Bonchev–Trinajstić information content (AvgIpc) is 3.17. The predicted molar refractivity (Wildman–Crippen MR) is 114 cm³/mol. The van der Waals surface area contributed by atoms with E-state index in [0.29, 0.717) is 36.2 Å². The molecule has 2 aliphatic rings. The molecule has 31 heavy (non-hydrogen) atoms. The zero-order chi connectivity index (χ0) is 22.0. The van der Waals surface area contributed by atoms with E-state index in [1.807, 2.05) is 17.0 Å². The molecule has 2 aromatic rings. The number of anilines is 2. The Morgan fingerprint density at radius 1 is 1.16 bits per heavy atom. The van der Waals surface area contributed by atoms with Crippen molar-refractivity contribution in [1.82, 2.24) is 14.9 Å². The molecule has 166 valence electrons. The Labute approximate surface area is 181 Å². The van der Waals surface area contributed by atoms with E-state index in [1.165, 1.54) is 19.7 Å². The van der Waals surface area contributed by atoms with Crippen LogP contribution in [0.2, 0.25) is 0 Å². The van der Waals surface area contributed by atoms with Gasteiger partial charge in [0.2, 0.25) is 11.8 Å². The minimum absolute atomic E-state index is 0.00278. The van der Waals surface area contributed by atoms with Gasteiger partial charge in [0.05, 0.1) is 4.90 Å². The number of nitrogens with zero attached hydrogens (tertiary/aromatic N) is 4. The first kappa shape index (κ1) is 21.5. The third kappa shape index (κ3) is 4.80. The van der Waals surface area contributed by atoms with E-state index in [2.05, 4.69) is 9.97 Å². The van der Waals surface area contributed by atoms with Crippen LogP contribution in [0.4, 0.5) is 11.5 Å². The highest BCUT2D eigenvalue weighted by atomic mass is 32.2. The van der Waals surface area contributed by atoms with Crippen LogP contribution >= 0.6 is 0 Å². The highest BCUT2D eigenvalue weighted by Gasteiger charge is 2.26. The summed E-state index contributed by atoms with van der Waals surface area (Å²) in [4.78, 5) is 24.7. The molecule has 1 fully saturated rings. The lowest BCUT2D eigenvalue weighted by Gasteiger charge is -2.31. The molecule has 1 amide bonds. The molecule has 10 heteroatoms. The molecule has 0 atom stereocenters. The number of ether oxygens (including phenoxy) is 2. The second-order valence-corrected chi connectivity index (χ2v) is 9.83. The normalized spacial score (nSPS) is 17.0. The van der Waals surface area contributed by atoms with E-state index < -0.39 is 9.84 Å². The van der Waals surface area contributed by atoms with Crippen molar-refractivity contribution in [2.45, 2.75) is 30.3 Å². The zero-order valence-electron chi connectivity index (χ0n) is 17.7. The van der Waals surface area contributed by atoms with Crippen LogP contribution in [-0.2, 0) is 25.8 Å². The molecule has 0 spiro atoms. The van der Waals surface area contributed by atoms with Crippen LogP contribution in [0.5, 0.6) is 5.88 Å². The highest BCUT2D eigenvalue weighted by molar-refractivity contribution is 7.90. The molecular formula is C21H26N4O5S. The number of aromatic nitrogens is 2. The van der Waals surface area contributed by atoms with Gasteiger partial charge in [-0.25, -0.2) is 18.4 Å². The summed E-state index contributed by atoms with van der Waals surface area (Å²) in [6.45, 7) is 2.07. The van der Waals surface area contributed by atoms with Gasteiger partial charge in [0.25, 0.3) is 0 Å². The minimum Gasteiger partial charge on any atom is -0.474 e. The predicted octanol–water partition coefficient (Wildman–Crippen LogP) is 1.59. The summed E-state index contributed by atoms with van der Waals surface area (Å²) in [6, 6.07) is 7.00. The largest absolute Gasteiger partial charge is 0.474 e. The fourth-order valence-electron chi connectivity index (χ4n) is 4.00. The quantitative estimate of drug-likeness (QED) is 0.659. The molecule has 0 radical (unpaired) electrons. The first-order chi connectivity index (χ1) is 14.8. The molecule has 0 aliphatic carbocycles. The van der Waals surface area contributed by atoms with Gasteiger partial charge in [0.1, 0.15) is 24.9 Å². The topological polar surface area (TPSA) is 102 Å². The van der Waals surface area contributed by atoms with Crippen molar-refractivity contribution in [1.29, 1.82) is 0 Å². The standard InChI is InChI=1S/C21H26N4O5S/c1-29-13-21(26)24-8-6-16(7-9-24)30-20-12-19(22-14-23-20)25-10-5-15-11-17(31(2,27)28)3-4-18(15)25/h3-4,11-12,14,16H,5-10,13H2,1-2H3. The summed E-state index contributed by atoms with van der Waals surface area (Å²) in [5, 5.41) is 0. The number of rotatable bonds is 6. The fraction of sp³-hybridized carbons (Fsp3) is 0.476. The first-order valence-corrected chi connectivity index (χ1v) is 12.1. The van der Waals surface area contributed by atoms with Crippen molar-refractivity contribution in [2.75, 3.05) is 44.5 Å². The highest BCUT2D eigenvalue weighted by Crippen LogP contribution is 2.35. The SMILES string of the molecule is COCC(=O)N1CCC(Oc2cc(N3CCc4cc(S(C)(=O)=O)ccc43)ncn2)CC1. The van der Waals surface area contributed by atoms with Crippen molar-refractivity contribution < 1.29 is 22.7 Å². The molecule has 0 N–H and O–H groups in total. The lowest BCUT2D eigenvalue weighted by atomic mass is 10.1. The molecule has 1 aromatic heterocycles. The number of hydrogen-bond donors (Lipinski definition) is 0. The second-order valence-electron chi connectivity index (χ2n) is 7.81. The van der Waals surface area contributed by atoms with E-state index >= 15 is 0 Å². The Kier molecular flexibility index (Phi) is 6.10. The summed E-state index contributed by atoms with van der Waals surface area (Å²) in [5.74, 6) is 1.20. The van der Waals surface area contributed by atoms with E-state index in [9.17, 15) is 13.2 Å². The van der Waals surface area contributed by atoms with Gasteiger partial charge in [-0.05, 0) is 30.2 Å². The van der Waals surface area contributed by atoms with E-state index in [0.717, 1.165) is 30.5 Å². The zero-order valence-corrected chi connectivity index (χ0v) is 18.5. The number of hydrogen-bond acceptors (Lipinski definition) is 8. The fourth-order valence-corrected chi connectivity index (χ4v) is 4.67. The van der Waals surface area contributed by atoms with Crippen LogP contribution in [0.3, 0.4) is 0 Å². The number of carbonyl (C=O) groups is 1. The lowest BCUT2D eigenvalue weighted by molar-refractivity contribution is -0.136. The first-order valence-electron chi connectivity index (χ1n) is 10.2. The van der Waals surface area contributed by atoms with Gasteiger partial charge in [-0.1, -0.05) is 0 Å². The third-order valence-corrected chi connectivity index (χ3v) is 6.74. The van der Waals surface area contributed by atoms with Crippen LogP contribution in [0.25, 0.3) is 0 Å². The number of fused-ring (bicyclic) bond motifs is 1. The Hall–Kier alpha value is -2.72. The maximum absolute atomic E-state index is 11.9. The molecule has 1 aromatic carbocycles. The Balaban J connectivity index is 1.43. The molecule has 4 rings (SSSR count). The summed E-state index contributed by atoms with van der Waals surface area (Å²) in [6.07, 6.45) is 4.88. The number of methoxy groups -OCH3 is 1. The molecule has 9 nitrogen and oxygen atoms in total. The van der Waals surface area contributed by atoms with Crippen molar-refractivity contribution >= 4 is 27.2 Å². The maximum Gasteiger partial charge on any atom is 0.248 e. The van der Waals surface area contributed by atoms with Crippen LogP contribution in [-0.4, -0.2) is 74.9 Å². The molecule has 3 heterocycles. The van der Waals surface area contributed by atoms with Crippen LogP contribution in [0.1, 0.15) is 18.4 Å². The van der Waals surface area contributed by atoms with Crippen molar-refractivity contribution in [3.05, 3.63) is 36.2 Å². The molecular weight excluding hydrogens is 420 g/mol. The summed E-state index contributed by atoms with van der Waals surface area (Å²) in [7, 11) is -1.72. The molecule has 0 saturated carbocycles. The van der Waals surface area contributed by atoms with Gasteiger partial charge in [-0.3, -0.25) is 4.79 Å². The number of benzene rings is 1. The van der Waals surface area contributed by atoms with Crippen molar-refractivity contribution in [3.63, 3.8) is 0 Å². The van der Waals surface area contributed by atoms with Crippen molar-refractivity contribution in [3.8, 4) is 5.88 Å². The summed E-state index contributed by atoms with van der Waals surface area (Å²) in [5.41, 5.74) is 1.93. The van der Waals surface area contributed by atoms with E-state index in [-0.39, 0.29) is 18.6 Å². The van der Waals surface area contributed by atoms with Crippen LogP contribution < -0.4 is 9.64 Å². The number of piperidine rings is 1. The lowest BCUT2D eigenvalue weighted by Crippen LogP contribution is -2.43. The smallest absolute Gasteiger partial charge is 0.248 e. The molecule has 0 bridgehead atoms. The minimum atomic E-state index is -3.24. The second kappa shape index (κ2) is 8.80. The summed E-state index contributed by atoms with van der Waals surface area (Å²) < 4.78 is 34.6. The molecule has 2 aliphatic heterocycles. The number of carbonyl (C=O) groups excluding carboxylic acids is 1. The summed E-state index contributed by atoms with van der Waals surface area (Å²) >= 11 is 0. The van der Waals surface area contributed by atoms with Gasteiger partial charge < -0.3 is 19.3 Å². The Bertz CT molecular complexity index is 1070. The number of sulfone groups is 1. The van der Waals surface area contributed by atoms with E-state index in [4.69, 9.17) is 9.47 Å². The van der Waals surface area contributed by atoms with Gasteiger partial charge in [0, 0.05) is 57.6 Å². The van der Waals surface area contributed by atoms with Gasteiger partial charge >= 0.3 is 0 Å². The number of amides is 1. The monoisotopic (exact) mass is 446 g/mol. The van der Waals surface area contributed by atoms with Gasteiger partial charge in [0.15, 0.2) is 9.84 Å². The Morgan fingerprint density at radius 2 is 1.94 bits per heavy atom. The molecule has 0 unspecified atom stereocenters. The van der Waals surface area contributed by atoms with Crippen molar-refractivity contribution in [2.24, 2.45) is 0 Å².